The van der Waals surface area contributed by atoms with Gasteiger partial charge in [0.15, 0.2) is 0 Å². The number of rotatable bonds is 7. The predicted octanol–water partition coefficient (Wildman–Crippen LogP) is 1.57. The van der Waals surface area contributed by atoms with Crippen LogP contribution in [0.1, 0.15) is 35.2 Å². The first-order valence-corrected chi connectivity index (χ1v) is 7.50. The first-order chi connectivity index (χ1) is 10.2. The van der Waals surface area contributed by atoms with Gasteiger partial charge in [-0.25, -0.2) is 0 Å². The van der Waals surface area contributed by atoms with Crippen molar-refractivity contribution in [1.29, 1.82) is 0 Å². The van der Waals surface area contributed by atoms with Crippen molar-refractivity contribution in [3.8, 4) is 0 Å². The maximum Gasteiger partial charge on any atom is 0.251 e. The van der Waals surface area contributed by atoms with Crippen molar-refractivity contribution in [3.63, 3.8) is 0 Å². The molecule has 122 valence electrons. The number of nitrogens with zero attached hydrogens (tertiary/aromatic N) is 1. The van der Waals surface area contributed by atoms with Crippen LogP contribution in [-0.4, -0.2) is 43.4 Å². The van der Waals surface area contributed by atoms with Gasteiger partial charge in [0.1, 0.15) is 0 Å². The molecule has 5 nitrogen and oxygen atoms in total. The van der Waals surface area contributed by atoms with Crippen molar-refractivity contribution in [2.75, 3.05) is 26.7 Å². The largest absolute Gasteiger partial charge is 0.352 e. The van der Waals surface area contributed by atoms with E-state index in [-0.39, 0.29) is 24.2 Å². The van der Waals surface area contributed by atoms with E-state index in [2.05, 4.69) is 10.6 Å². The molecule has 22 heavy (non-hydrogen) atoms. The number of likely N-dealkylation sites (tertiary alicyclic amines) is 1. The molecule has 0 bridgehead atoms. The van der Waals surface area contributed by atoms with E-state index in [1.807, 2.05) is 36.2 Å². The van der Waals surface area contributed by atoms with E-state index >= 15 is 0 Å². The molecule has 0 spiro atoms. The SMILES string of the molecule is CNCCCNC(=O)c1ccc(CN2CCCC2=O)cc1.Cl. The second kappa shape index (κ2) is 9.43. The number of carbonyl (C=O) groups is 2. The highest BCUT2D eigenvalue weighted by Gasteiger charge is 2.19. The molecule has 1 fully saturated rings. The van der Waals surface area contributed by atoms with Gasteiger partial charge in [-0.15, -0.1) is 12.4 Å². The van der Waals surface area contributed by atoms with Gasteiger partial charge in [0.05, 0.1) is 0 Å². The number of carbonyl (C=O) groups excluding carboxylic acids is 2. The van der Waals surface area contributed by atoms with Crippen LogP contribution >= 0.6 is 12.4 Å². The van der Waals surface area contributed by atoms with E-state index in [0.29, 0.717) is 25.1 Å². The van der Waals surface area contributed by atoms with Gasteiger partial charge in [-0.05, 0) is 44.1 Å². The molecule has 0 aliphatic carbocycles. The van der Waals surface area contributed by atoms with Crippen molar-refractivity contribution < 1.29 is 9.59 Å². The molecule has 0 atom stereocenters. The predicted molar refractivity (Wildman–Crippen MR) is 89.2 cm³/mol. The quantitative estimate of drug-likeness (QED) is 0.748. The van der Waals surface area contributed by atoms with Crippen LogP contribution in [0.3, 0.4) is 0 Å². The Bertz CT molecular complexity index is 491. The first-order valence-electron chi connectivity index (χ1n) is 7.50. The van der Waals surface area contributed by atoms with Crippen molar-refractivity contribution in [2.24, 2.45) is 0 Å². The highest BCUT2D eigenvalue weighted by molar-refractivity contribution is 5.94. The van der Waals surface area contributed by atoms with Gasteiger partial charge in [0.25, 0.3) is 5.91 Å². The Balaban J connectivity index is 0.00000242. The van der Waals surface area contributed by atoms with Gasteiger partial charge in [0.2, 0.25) is 5.91 Å². The zero-order valence-electron chi connectivity index (χ0n) is 12.9. The molecule has 1 aliphatic heterocycles. The van der Waals surface area contributed by atoms with Gasteiger partial charge in [0, 0.05) is 31.6 Å². The summed E-state index contributed by atoms with van der Waals surface area (Å²) in [5, 5.41) is 5.93. The molecule has 2 amide bonds. The van der Waals surface area contributed by atoms with Crippen LogP contribution in [-0.2, 0) is 11.3 Å². The number of hydrogen-bond donors (Lipinski definition) is 2. The van der Waals surface area contributed by atoms with E-state index in [0.717, 1.165) is 31.5 Å². The lowest BCUT2D eigenvalue weighted by Gasteiger charge is -2.15. The molecule has 0 radical (unpaired) electrons. The zero-order valence-corrected chi connectivity index (χ0v) is 13.7. The standard InChI is InChI=1S/C16H23N3O2.ClH/c1-17-9-3-10-18-16(21)14-7-5-13(6-8-14)12-19-11-2-4-15(19)20;/h5-8,17H,2-4,9-12H2,1H3,(H,18,21);1H. The third kappa shape index (κ3) is 5.31. The Morgan fingerprint density at radius 3 is 2.55 bits per heavy atom. The lowest BCUT2D eigenvalue weighted by molar-refractivity contribution is -0.128. The topological polar surface area (TPSA) is 61.4 Å². The Labute approximate surface area is 137 Å². The van der Waals surface area contributed by atoms with Crippen LogP contribution in [0.4, 0.5) is 0 Å². The van der Waals surface area contributed by atoms with E-state index in [1.54, 1.807) is 0 Å². The van der Waals surface area contributed by atoms with Gasteiger partial charge >= 0.3 is 0 Å². The van der Waals surface area contributed by atoms with E-state index in [9.17, 15) is 9.59 Å². The molecular weight excluding hydrogens is 302 g/mol. The Morgan fingerprint density at radius 1 is 1.23 bits per heavy atom. The highest BCUT2D eigenvalue weighted by Crippen LogP contribution is 2.14. The van der Waals surface area contributed by atoms with Gasteiger partial charge in [-0.3, -0.25) is 9.59 Å². The van der Waals surface area contributed by atoms with Crippen LogP contribution in [0.25, 0.3) is 0 Å². The average Bonchev–Trinajstić information content (AvgIpc) is 2.89. The molecule has 0 unspecified atom stereocenters. The summed E-state index contributed by atoms with van der Waals surface area (Å²) in [6.45, 7) is 3.04. The van der Waals surface area contributed by atoms with Crippen molar-refractivity contribution in [3.05, 3.63) is 35.4 Å². The fourth-order valence-corrected chi connectivity index (χ4v) is 2.42. The Hall–Kier alpha value is -1.59. The minimum atomic E-state index is -0.0464. The van der Waals surface area contributed by atoms with E-state index < -0.39 is 0 Å². The average molecular weight is 326 g/mol. The van der Waals surface area contributed by atoms with E-state index in [4.69, 9.17) is 0 Å². The summed E-state index contributed by atoms with van der Waals surface area (Å²) >= 11 is 0. The fourth-order valence-electron chi connectivity index (χ4n) is 2.42. The zero-order chi connectivity index (χ0) is 15.1. The molecule has 0 saturated carbocycles. The van der Waals surface area contributed by atoms with Crippen LogP contribution in [0.5, 0.6) is 0 Å². The molecule has 1 saturated heterocycles. The first kappa shape index (κ1) is 18.5. The maximum absolute atomic E-state index is 11.9. The van der Waals surface area contributed by atoms with Crippen LogP contribution in [0.15, 0.2) is 24.3 Å². The lowest BCUT2D eigenvalue weighted by Crippen LogP contribution is -2.26. The molecule has 1 aliphatic rings. The molecule has 0 aromatic heterocycles. The summed E-state index contributed by atoms with van der Waals surface area (Å²) in [7, 11) is 1.89. The second-order valence-corrected chi connectivity index (χ2v) is 5.33. The van der Waals surface area contributed by atoms with Gasteiger partial charge in [-0.2, -0.15) is 0 Å². The summed E-state index contributed by atoms with van der Waals surface area (Å²) in [5.74, 6) is 0.177. The van der Waals surface area contributed by atoms with Crippen molar-refractivity contribution in [1.82, 2.24) is 15.5 Å². The van der Waals surface area contributed by atoms with E-state index in [1.165, 1.54) is 0 Å². The number of hydrogen-bond acceptors (Lipinski definition) is 3. The molecule has 2 rings (SSSR count). The van der Waals surface area contributed by atoms with Crippen molar-refractivity contribution in [2.45, 2.75) is 25.8 Å². The van der Waals surface area contributed by atoms with Gasteiger partial charge in [-0.1, -0.05) is 12.1 Å². The molecule has 2 N–H and O–H groups in total. The summed E-state index contributed by atoms with van der Waals surface area (Å²) in [6.07, 6.45) is 2.52. The highest BCUT2D eigenvalue weighted by atomic mass is 35.5. The number of nitrogens with one attached hydrogen (secondary N) is 2. The number of amides is 2. The summed E-state index contributed by atoms with van der Waals surface area (Å²) in [4.78, 5) is 25.4. The Kier molecular flexibility index (Phi) is 7.91. The fraction of sp³-hybridized carbons (Fsp3) is 0.500. The summed E-state index contributed by atoms with van der Waals surface area (Å²) < 4.78 is 0. The monoisotopic (exact) mass is 325 g/mol. The van der Waals surface area contributed by atoms with Crippen molar-refractivity contribution >= 4 is 24.2 Å². The van der Waals surface area contributed by atoms with Crippen LogP contribution in [0.2, 0.25) is 0 Å². The second-order valence-electron chi connectivity index (χ2n) is 5.33. The third-order valence-electron chi connectivity index (χ3n) is 3.65. The van der Waals surface area contributed by atoms with Crippen LogP contribution in [0, 0.1) is 0 Å². The maximum atomic E-state index is 11.9. The van der Waals surface area contributed by atoms with Gasteiger partial charge < -0.3 is 15.5 Å². The molecular formula is C16H24ClN3O2. The number of halogens is 1. The minimum absolute atomic E-state index is 0. The summed E-state index contributed by atoms with van der Waals surface area (Å²) in [6, 6.07) is 7.49. The smallest absolute Gasteiger partial charge is 0.251 e. The van der Waals surface area contributed by atoms with Crippen LogP contribution < -0.4 is 10.6 Å². The molecule has 6 heteroatoms. The minimum Gasteiger partial charge on any atom is -0.352 e. The third-order valence-corrected chi connectivity index (χ3v) is 3.65. The molecule has 1 aromatic rings. The normalized spacial score (nSPS) is 13.9. The molecule has 1 heterocycles. The lowest BCUT2D eigenvalue weighted by atomic mass is 10.1. The molecule has 1 aromatic carbocycles. The Morgan fingerprint density at radius 2 is 1.95 bits per heavy atom. The number of benzene rings is 1. The summed E-state index contributed by atoms with van der Waals surface area (Å²) in [5.41, 5.74) is 1.73.